The van der Waals surface area contributed by atoms with Crippen LogP contribution in [0.3, 0.4) is 0 Å². The van der Waals surface area contributed by atoms with Crippen molar-refractivity contribution in [2.45, 2.75) is 38.6 Å². The van der Waals surface area contributed by atoms with Gasteiger partial charge in [0.05, 0.1) is 40.8 Å². The van der Waals surface area contributed by atoms with Crippen LogP contribution < -0.4 is 11.1 Å². The summed E-state index contributed by atoms with van der Waals surface area (Å²) in [4.78, 5) is 35.7. The Balaban J connectivity index is 1.35. The Morgan fingerprint density at radius 1 is 1.24 bits per heavy atom. The van der Waals surface area contributed by atoms with Gasteiger partial charge in [-0.3, -0.25) is 9.59 Å². The third-order valence-electron chi connectivity index (χ3n) is 5.26. The van der Waals surface area contributed by atoms with Gasteiger partial charge in [0.15, 0.2) is 0 Å². The standard InChI is InChI=1S/C20H19N5O3S/c21-18-14-9-28-8-13(14)16(6-22-18)24-19(26)20(27)25(12-2-3-12)7-11-1-4-17-15(5-11)23-10-29-17/h1,4-6,10,12H,2-3,7-9H2,(H2,21,22)(H,24,26). The van der Waals surface area contributed by atoms with Gasteiger partial charge >= 0.3 is 11.8 Å². The van der Waals surface area contributed by atoms with Crippen molar-refractivity contribution in [2.75, 3.05) is 11.1 Å². The van der Waals surface area contributed by atoms with E-state index in [2.05, 4.69) is 15.3 Å². The largest absolute Gasteiger partial charge is 0.383 e. The summed E-state index contributed by atoms with van der Waals surface area (Å²) in [6, 6.07) is 6.05. The predicted molar refractivity (Wildman–Crippen MR) is 109 cm³/mol. The Morgan fingerprint density at radius 3 is 2.90 bits per heavy atom. The molecule has 1 aliphatic heterocycles. The van der Waals surface area contributed by atoms with Crippen LogP contribution >= 0.6 is 11.3 Å². The van der Waals surface area contributed by atoms with Gasteiger partial charge in [-0.1, -0.05) is 6.07 Å². The van der Waals surface area contributed by atoms with Crippen molar-refractivity contribution in [3.05, 3.63) is 46.6 Å². The van der Waals surface area contributed by atoms with Crippen LogP contribution in [0, 0.1) is 0 Å². The third kappa shape index (κ3) is 3.43. The normalized spacial score (nSPS) is 15.3. The number of carbonyl (C=O) groups excluding carboxylic acids is 2. The minimum atomic E-state index is -0.674. The van der Waals surface area contributed by atoms with Gasteiger partial charge in [0.1, 0.15) is 5.82 Å². The van der Waals surface area contributed by atoms with Crippen molar-refractivity contribution in [1.29, 1.82) is 0 Å². The number of nitrogens with zero attached hydrogens (tertiary/aromatic N) is 3. The SMILES string of the molecule is Nc1ncc(NC(=O)C(=O)N(Cc2ccc3scnc3c2)C2CC2)c2c1COC2. The molecule has 0 spiro atoms. The Morgan fingerprint density at radius 2 is 2.07 bits per heavy atom. The number of thiazole rings is 1. The molecule has 0 radical (unpaired) electrons. The lowest BCUT2D eigenvalue weighted by Gasteiger charge is -2.22. The molecule has 0 saturated heterocycles. The monoisotopic (exact) mass is 409 g/mol. The van der Waals surface area contributed by atoms with Crippen LogP contribution in [0.5, 0.6) is 0 Å². The van der Waals surface area contributed by atoms with Crippen molar-refractivity contribution in [3.8, 4) is 0 Å². The van der Waals surface area contributed by atoms with Gasteiger partial charge in [0, 0.05) is 23.7 Å². The number of fused-ring (bicyclic) bond motifs is 2. The molecule has 3 aromatic rings. The Hall–Kier alpha value is -3.04. The number of nitrogens with one attached hydrogen (secondary N) is 1. The average Bonchev–Trinajstić information content (AvgIpc) is 3.24. The number of carbonyl (C=O) groups is 2. The lowest BCUT2D eigenvalue weighted by Crippen LogP contribution is -2.40. The molecule has 0 unspecified atom stereocenters. The number of anilines is 2. The van der Waals surface area contributed by atoms with Gasteiger partial charge in [-0.05, 0) is 30.5 Å². The summed E-state index contributed by atoms with van der Waals surface area (Å²) in [5.41, 5.74) is 11.6. The summed E-state index contributed by atoms with van der Waals surface area (Å²) in [6.45, 7) is 1.08. The highest BCUT2D eigenvalue weighted by molar-refractivity contribution is 7.16. The third-order valence-corrected chi connectivity index (χ3v) is 6.07. The average molecular weight is 409 g/mol. The minimum absolute atomic E-state index is 0.0953. The summed E-state index contributed by atoms with van der Waals surface area (Å²) in [6.07, 6.45) is 3.29. The van der Waals surface area contributed by atoms with Crippen molar-refractivity contribution >= 4 is 44.9 Å². The predicted octanol–water partition coefficient (Wildman–Crippen LogP) is 2.43. The van der Waals surface area contributed by atoms with Crippen LogP contribution in [0.1, 0.15) is 29.5 Å². The number of hydrogen-bond acceptors (Lipinski definition) is 7. The van der Waals surface area contributed by atoms with Gasteiger partial charge in [0.25, 0.3) is 0 Å². The molecule has 148 valence electrons. The molecule has 0 atom stereocenters. The van der Waals surface area contributed by atoms with Gasteiger partial charge in [-0.2, -0.15) is 0 Å². The fraction of sp³-hybridized carbons (Fsp3) is 0.300. The molecule has 9 heteroatoms. The molecule has 1 fully saturated rings. The first-order chi connectivity index (χ1) is 14.1. The van der Waals surface area contributed by atoms with E-state index in [1.165, 1.54) is 6.20 Å². The number of pyridine rings is 1. The second kappa shape index (κ2) is 7.09. The summed E-state index contributed by atoms with van der Waals surface area (Å²) in [5.74, 6) is -0.832. The number of aromatic nitrogens is 2. The van der Waals surface area contributed by atoms with Gasteiger partial charge < -0.3 is 20.7 Å². The highest BCUT2D eigenvalue weighted by atomic mass is 32.1. The van der Waals surface area contributed by atoms with Gasteiger partial charge in [-0.15, -0.1) is 11.3 Å². The summed E-state index contributed by atoms with van der Waals surface area (Å²) < 4.78 is 6.51. The van der Waals surface area contributed by atoms with E-state index in [1.807, 2.05) is 18.2 Å². The molecule has 2 aromatic heterocycles. The number of benzene rings is 1. The molecule has 2 amide bonds. The van der Waals surface area contributed by atoms with Gasteiger partial charge in [-0.25, -0.2) is 9.97 Å². The Kier molecular flexibility index (Phi) is 4.40. The zero-order valence-electron chi connectivity index (χ0n) is 15.6. The maximum Gasteiger partial charge on any atom is 0.313 e. The van der Waals surface area contributed by atoms with E-state index in [0.29, 0.717) is 31.3 Å². The summed E-state index contributed by atoms with van der Waals surface area (Å²) in [5, 5.41) is 2.70. The van der Waals surface area contributed by atoms with Crippen molar-refractivity contribution in [3.63, 3.8) is 0 Å². The zero-order chi connectivity index (χ0) is 20.0. The molecule has 1 saturated carbocycles. The van der Waals surface area contributed by atoms with Crippen LogP contribution in [0.25, 0.3) is 10.2 Å². The smallest absolute Gasteiger partial charge is 0.313 e. The van der Waals surface area contributed by atoms with E-state index >= 15 is 0 Å². The fourth-order valence-electron chi connectivity index (χ4n) is 3.55. The molecular formula is C20H19N5O3S. The van der Waals surface area contributed by atoms with E-state index < -0.39 is 11.8 Å². The molecule has 1 aromatic carbocycles. The highest BCUT2D eigenvalue weighted by Gasteiger charge is 2.36. The highest BCUT2D eigenvalue weighted by Crippen LogP contribution is 2.32. The molecule has 0 bridgehead atoms. The van der Waals surface area contributed by atoms with E-state index in [1.54, 1.807) is 21.7 Å². The lowest BCUT2D eigenvalue weighted by atomic mass is 10.1. The van der Waals surface area contributed by atoms with E-state index in [9.17, 15) is 9.59 Å². The van der Waals surface area contributed by atoms with E-state index in [4.69, 9.17) is 10.5 Å². The number of rotatable bonds is 4. The molecule has 1 aliphatic carbocycles. The summed E-state index contributed by atoms with van der Waals surface area (Å²) >= 11 is 1.58. The molecule has 3 heterocycles. The zero-order valence-corrected chi connectivity index (χ0v) is 16.4. The van der Waals surface area contributed by atoms with E-state index in [0.717, 1.165) is 39.7 Å². The van der Waals surface area contributed by atoms with Crippen LogP contribution in [0.2, 0.25) is 0 Å². The first kappa shape index (κ1) is 18.0. The van der Waals surface area contributed by atoms with Crippen LogP contribution in [0.15, 0.2) is 29.9 Å². The Bertz CT molecular complexity index is 1120. The molecule has 5 rings (SSSR count). The van der Waals surface area contributed by atoms with Crippen LogP contribution in [0.4, 0.5) is 11.5 Å². The van der Waals surface area contributed by atoms with Crippen LogP contribution in [-0.4, -0.2) is 32.7 Å². The fourth-order valence-corrected chi connectivity index (χ4v) is 4.21. The maximum atomic E-state index is 12.9. The number of amides is 2. The molecule has 8 nitrogen and oxygen atoms in total. The topological polar surface area (TPSA) is 110 Å². The number of nitrogens with two attached hydrogens (primary N) is 1. The maximum absolute atomic E-state index is 12.9. The van der Waals surface area contributed by atoms with Crippen molar-refractivity contribution in [1.82, 2.24) is 14.9 Å². The summed E-state index contributed by atoms with van der Waals surface area (Å²) in [7, 11) is 0. The van der Waals surface area contributed by atoms with Crippen molar-refractivity contribution in [2.24, 2.45) is 0 Å². The lowest BCUT2D eigenvalue weighted by molar-refractivity contribution is -0.144. The number of ether oxygens (including phenoxy) is 1. The molecular weight excluding hydrogens is 390 g/mol. The number of nitrogen functional groups attached to an aromatic ring is 1. The first-order valence-corrected chi connectivity index (χ1v) is 10.3. The number of hydrogen-bond donors (Lipinski definition) is 2. The van der Waals surface area contributed by atoms with E-state index in [-0.39, 0.29) is 6.04 Å². The molecule has 29 heavy (non-hydrogen) atoms. The first-order valence-electron chi connectivity index (χ1n) is 9.38. The Labute approximate surface area is 170 Å². The molecule has 3 N–H and O–H groups in total. The van der Waals surface area contributed by atoms with Crippen molar-refractivity contribution < 1.29 is 14.3 Å². The molecule has 2 aliphatic rings. The second-order valence-electron chi connectivity index (χ2n) is 7.28. The minimum Gasteiger partial charge on any atom is -0.383 e. The van der Waals surface area contributed by atoms with Crippen LogP contribution in [-0.2, 0) is 34.1 Å². The quantitative estimate of drug-likeness (QED) is 0.641. The second-order valence-corrected chi connectivity index (χ2v) is 8.17. The van der Waals surface area contributed by atoms with Gasteiger partial charge in [0.2, 0.25) is 0 Å².